The lowest BCUT2D eigenvalue weighted by Gasteiger charge is -2.13. The number of halogens is 4. The summed E-state index contributed by atoms with van der Waals surface area (Å²) in [5.41, 5.74) is 1.90. The molecule has 0 radical (unpaired) electrons. The Morgan fingerprint density at radius 1 is 1.00 bits per heavy atom. The van der Waals surface area contributed by atoms with E-state index in [9.17, 15) is 13.2 Å². The second kappa shape index (κ2) is 10.5. The molecule has 0 aliphatic carbocycles. The molecule has 0 saturated carbocycles. The van der Waals surface area contributed by atoms with E-state index < -0.39 is 6.36 Å². The van der Waals surface area contributed by atoms with E-state index in [1.165, 1.54) is 18.2 Å². The van der Waals surface area contributed by atoms with Gasteiger partial charge in [0.05, 0.1) is 5.69 Å². The Morgan fingerprint density at radius 3 is 2.48 bits per heavy atom. The van der Waals surface area contributed by atoms with Crippen LogP contribution < -0.4 is 15.4 Å². The molecule has 10 heteroatoms. The number of alkyl halides is 3. The van der Waals surface area contributed by atoms with Gasteiger partial charge < -0.3 is 20.5 Å². The van der Waals surface area contributed by atoms with Crippen molar-refractivity contribution in [2.45, 2.75) is 19.3 Å². The van der Waals surface area contributed by atoms with Crippen molar-refractivity contribution < 1.29 is 23.0 Å². The van der Waals surface area contributed by atoms with Crippen molar-refractivity contribution in [2.24, 2.45) is 0 Å². The summed E-state index contributed by atoms with van der Waals surface area (Å²) in [7, 11) is 0. The molecule has 1 aromatic heterocycles. The first-order valence-corrected chi connectivity index (χ1v) is 10.2. The Labute approximate surface area is 185 Å². The molecule has 6 nitrogen and oxygen atoms in total. The van der Waals surface area contributed by atoms with Gasteiger partial charge in [0.15, 0.2) is 0 Å². The van der Waals surface area contributed by atoms with Crippen LogP contribution in [0, 0.1) is 0 Å². The van der Waals surface area contributed by atoms with E-state index in [-0.39, 0.29) is 12.4 Å². The molecule has 0 aliphatic heterocycles. The number of rotatable bonds is 9. The van der Waals surface area contributed by atoms with Gasteiger partial charge in [0, 0.05) is 35.8 Å². The number of nitrogens with one attached hydrogen (secondary N) is 2. The summed E-state index contributed by atoms with van der Waals surface area (Å²) in [6.07, 6.45) is -4.27. The van der Waals surface area contributed by atoms with Gasteiger partial charge in [-0.1, -0.05) is 40.2 Å². The van der Waals surface area contributed by atoms with Gasteiger partial charge in [-0.25, -0.2) is 4.98 Å². The van der Waals surface area contributed by atoms with E-state index in [4.69, 9.17) is 5.11 Å². The van der Waals surface area contributed by atoms with Crippen LogP contribution in [-0.4, -0.2) is 34.6 Å². The lowest BCUT2D eigenvalue weighted by atomic mass is 10.1. The highest BCUT2D eigenvalue weighted by atomic mass is 79.9. The normalized spacial score (nSPS) is 11.3. The van der Waals surface area contributed by atoms with Crippen molar-refractivity contribution in [3.63, 3.8) is 0 Å². The van der Waals surface area contributed by atoms with E-state index in [1.807, 2.05) is 24.3 Å². The molecule has 3 rings (SSSR count). The third-order valence-electron chi connectivity index (χ3n) is 4.09. The zero-order chi connectivity index (χ0) is 22.3. The van der Waals surface area contributed by atoms with Crippen molar-refractivity contribution >= 4 is 27.7 Å². The van der Waals surface area contributed by atoms with Crippen LogP contribution in [0.25, 0.3) is 11.3 Å². The number of aliphatic hydroxyl groups is 1. The predicted octanol–water partition coefficient (Wildman–Crippen LogP) is 5.21. The molecule has 3 N–H and O–H groups in total. The maximum atomic E-state index is 12.6. The summed E-state index contributed by atoms with van der Waals surface area (Å²) in [6, 6.07) is 15.0. The van der Waals surface area contributed by atoms with Gasteiger partial charge in [-0.15, -0.1) is 13.2 Å². The minimum absolute atomic E-state index is 0.0121. The van der Waals surface area contributed by atoms with Crippen molar-refractivity contribution in [3.05, 3.63) is 64.6 Å². The molecule has 0 atom stereocenters. The molecule has 0 spiro atoms. The molecular weight excluding hydrogens is 477 g/mol. The van der Waals surface area contributed by atoms with Crippen LogP contribution in [-0.2, 0) is 6.54 Å². The molecule has 0 fully saturated rings. The van der Waals surface area contributed by atoms with Gasteiger partial charge in [-0.05, 0) is 36.2 Å². The van der Waals surface area contributed by atoms with Gasteiger partial charge in [0.1, 0.15) is 11.6 Å². The summed E-state index contributed by atoms with van der Waals surface area (Å²) in [5, 5.41) is 15.2. The third kappa shape index (κ3) is 7.41. The fraction of sp³-hybridized carbons (Fsp3) is 0.238. The molecule has 0 unspecified atom stereocenters. The lowest BCUT2D eigenvalue weighted by molar-refractivity contribution is -0.274. The molecule has 3 aromatic rings. The number of hydrogen-bond donors (Lipinski definition) is 3. The molecule has 31 heavy (non-hydrogen) atoms. The van der Waals surface area contributed by atoms with Crippen LogP contribution in [0.15, 0.2) is 59.1 Å². The maximum absolute atomic E-state index is 12.6. The average Bonchev–Trinajstić information content (AvgIpc) is 2.72. The fourth-order valence-electron chi connectivity index (χ4n) is 2.69. The number of ether oxygens (including phenoxy) is 1. The molecule has 1 heterocycles. The first-order valence-electron chi connectivity index (χ1n) is 9.41. The van der Waals surface area contributed by atoms with Gasteiger partial charge in [-0.3, -0.25) is 0 Å². The smallest absolute Gasteiger partial charge is 0.406 e. The Morgan fingerprint density at radius 2 is 1.77 bits per heavy atom. The van der Waals surface area contributed by atoms with Gasteiger partial charge in [0.2, 0.25) is 5.95 Å². The highest BCUT2D eigenvalue weighted by Crippen LogP contribution is 2.28. The van der Waals surface area contributed by atoms with Crippen LogP contribution in [0.5, 0.6) is 5.75 Å². The summed E-state index contributed by atoms with van der Waals surface area (Å²) in [6.45, 7) is 0.957. The van der Waals surface area contributed by atoms with Crippen molar-refractivity contribution in [2.75, 3.05) is 23.8 Å². The second-order valence-corrected chi connectivity index (χ2v) is 7.44. The van der Waals surface area contributed by atoms with Gasteiger partial charge >= 0.3 is 6.36 Å². The average molecular weight is 497 g/mol. The molecule has 0 aliphatic rings. The van der Waals surface area contributed by atoms with E-state index >= 15 is 0 Å². The summed E-state index contributed by atoms with van der Waals surface area (Å²) >= 11 is 3.39. The largest absolute Gasteiger partial charge is 0.573 e. The molecule has 0 bridgehead atoms. The number of hydrogen-bond acceptors (Lipinski definition) is 6. The number of aliphatic hydroxyl groups excluding tert-OH is 1. The van der Waals surface area contributed by atoms with Crippen molar-refractivity contribution in [1.82, 2.24) is 9.97 Å². The third-order valence-corrected chi connectivity index (χ3v) is 4.62. The van der Waals surface area contributed by atoms with E-state index in [0.29, 0.717) is 42.5 Å². The molecular formula is C21H20BrF3N4O2. The fourth-order valence-corrected chi connectivity index (χ4v) is 2.96. The Kier molecular flexibility index (Phi) is 7.69. The van der Waals surface area contributed by atoms with Crippen LogP contribution in [0.2, 0.25) is 0 Å². The monoisotopic (exact) mass is 496 g/mol. The quantitative estimate of drug-likeness (QED) is 0.353. The van der Waals surface area contributed by atoms with Crippen LogP contribution in [0.4, 0.5) is 24.9 Å². The Bertz CT molecular complexity index is 1000. The minimum Gasteiger partial charge on any atom is -0.406 e. The maximum Gasteiger partial charge on any atom is 0.573 e. The van der Waals surface area contributed by atoms with Crippen LogP contribution in [0.1, 0.15) is 12.0 Å². The molecule has 2 aromatic carbocycles. The zero-order valence-corrected chi connectivity index (χ0v) is 17.9. The van der Waals surface area contributed by atoms with Gasteiger partial charge in [0.25, 0.3) is 0 Å². The Balaban J connectivity index is 1.86. The lowest BCUT2D eigenvalue weighted by Crippen LogP contribution is -2.17. The zero-order valence-electron chi connectivity index (χ0n) is 16.3. The molecule has 0 amide bonds. The SMILES string of the molecule is OCCCNc1nc(NCc2ccc(Br)cc2)cc(-c2cccc(OC(F)(F)F)c2)n1. The summed E-state index contributed by atoms with van der Waals surface area (Å²) in [4.78, 5) is 8.80. The van der Waals surface area contributed by atoms with Crippen molar-refractivity contribution in [1.29, 1.82) is 0 Å². The second-order valence-electron chi connectivity index (χ2n) is 6.52. The van der Waals surface area contributed by atoms with Crippen LogP contribution >= 0.6 is 15.9 Å². The predicted molar refractivity (Wildman–Crippen MR) is 116 cm³/mol. The first-order chi connectivity index (χ1) is 14.8. The number of aromatic nitrogens is 2. The Hall–Kier alpha value is -2.85. The minimum atomic E-state index is -4.78. The van der Waals surface area contributed by atoms with Crippen LogP contribution in [0.3, 0.4) is 0 Å². The molecule has 0 saturated heterocycles. The highest BCUT2D eigenvalue weighted by molar-refractivity contribution is 9.10. The highest BCUT2D eigenvalue weighted by Gasteiger charge is 2.31. The topological polar surface area (TPSA) is 79.3 Å². The number of anilines is 2. The molecule has 164 valence electrons. The number of benzene rings is 2. The van der Waals surface area contributed by atoms with Gasteiger partial charge in [-0.2, -0.15) is 4.98 Å². The van der Waals surface area contributed by atoms with E-state index in [2.05, 4.69) is 41.3 Å². The number of nitrogens with zero attached hydrogens (tertiary/aromatic N) is 2. The van der Waals surface area contributed by atoms with Crippen molar-refractivity contribution in [3.8, 4) is 17.0 Å². The summed E-state index contributed by atoms with van der Waals surface area (Å²) < 4.78 is 42.7. The van der Waals surface area contributed by atoms with E-state index in [0.717, 1.165) is 10.0 Å². The van der Waals surface area contributed by atoms with E-state index in [1.54, 1.807) is 12.1 Å². The first kappa shape index (κ1) is 22.8. The standard InChI is InChI=1S/C21H20BrF3N4O2/c22-16-7-5-14(6-8-16)13-27-19-12-18(28-20(29-19)26-9-2-10-30)15-3-1-4-17(11-15)31-21(23,24)25/h1,3-8,11-12,30H,2,9-10,13H2,(H2,26,27,28,29). The summed E-state index contributed by atoms with van der Waals surface area (Å²) in [5.74, 6) is 0.468.